The summed E-state index contributed by atoms with van der Waals surface area (Å²) in [7, 11) is 11.1. The van der Waals surface area contributed by atoms with E-state index in [0.717, 1.165) is 18.2 Å². The van der Waals surface area contributed by atoms with E-state index in [1.165, 1.54) is 18.3 Å². The number of hydrogen-bond donors (Lipinski definition) is 1. The molecule has 0 atom stereocenters. The molecule has 108 valence electrons. The molecule has 0 fully saturated rings. The summed E-state index contributed by atoms with van der Waals surface area (Å²) in [4.78, 5) is 3.95. The summed E-state index contributed by atoms with van der Waals surface area (Å²) in [5, 5.41) is 9.60. The van der Waals surface area contributed by atoms with Gasteiger partial charge in [0.1, 0.15) is 21.4 Å². The second-order valence-corrected chi connectivity index (χ2v) is 4.88. The highest BCUT2D eigenvalue weighted by molar-refractivity contribution is 6.39. The van der Waals surface area contributed by atoms with Gasteiger partial charge < -0.3 is 5.11 Å². The first-order valence-electron chi connectivity index (χ1n) is 5.97. The molecule has 0 saturated heterocycles. The standard InChI is InChI=1S/C14H7B2ClF3NO/c15-9-3-7(13(22)10(16)5-9)6-21-12-2-1-8(4-11(12)17)14(18,19)20/h1-6,22H. The number of phenolic OH excluding ortho intramolecular Hbond substituents is 1. The van der Waals surface area contributed by atoms with Crippen LogP contribution in [0.5, 0.6) is 5.75 Å². The Morgan fingerprint density at radius 3 is 2.41 bits per heavy atom. The molecule has 2 nitrogen and oxygen atoms in total. The monoisotopic (exact) mass is 319 g/mol. The highest BCUT2D eigenvalue weighted by Gasteiger charge is 2.30. The number of aromatic hydroxyl groups is 1. The topological polar surface area (TPSA) is 32.6 Å². The van der Waals surface area contributed by atoms with Gasteiger partial charge in [-0.1, -0.05) is 34.7 Å². The molecule has 2 aromatic rings. The van der Waals surface area contributed by atoms with Crippen LogP contribution >= 0.6 is 11.6 Å². The number of rotatable bonds is 2. The van der Waals surface area contributed by atoms with E-state index in [0.29, 0.717) is 5.46 Å². The highest BCUT2D eigenvalue weighted by Crippen LogP contribution is 2.34. The van der Waals surface area contributed by atoms with Gasteiger partial charge in [0.15, 0.2) is 0 Å². The summed E-state index contributed by atoms with van der Waals surface area (Å²) in [5.74, 6) is -0.221. The van der Waals surface area contributed by atoms with Crippen LogP contribution in [0.15, 0.2) is 35.3 Å². The van der Waals surface area contributed by atoms with Crippen LogP contribution in [0.2, 0.25) is 5.02 Å². The molecule has 1 N–H and O–H groups in total. The Hall–Kier alpha value is -1.88. The Labute approximate surface area is 132 Å². The van der Waals surface area contributed by atoms with Gasteiger partial charge >= 0.3 is 6.18 Å². The van der Waals surface area contributed by atoms with Crippen LogP contribution in [-0.4, -0.2) is 27.0 Å². The molecule has 0 aliphatic carbocycles. The van der Waals surface area contributed by atoms with E-state index in [1.54, 1.807) is 0 Å². The maximum absolute atomic E-state index is 12.5. The van der Waals surface area contributed by atoms with E-state index in [1.807, 2.05) is 0 Å². The summed E-state index contributed by atoms with van der Waals surface area (Å²) in [6.45, 7) is 0. The van der Waals surface area contributed by atoms with Gasteiger partial charge in [-0.25, -0.2) is 0 Å². The predicted molar refractivity (Wildman–Crippen MR) is 82.6 cm³/mol. The van der Waals surface area contributed by atoms with Crippen molar-refractivity contribution in [3.63, 3.8) is 0 Å². The fourth-order valence-corrected chi connectivity index (χ4v) is 1.96. The number of phenols is 1. The lowest BCUT2D eigenvalue weighted by Gasteiger charge is -2.08. The zero-order valence-corrected chi connectivity index (χ0v) is 11.8. The second kappa shape index (κ2) is 6.08. The van der Waals surface area contributed by atoms with E-state index in [9.17, 15) is 18.3 Å². The van der Waals surface area contributed by atoms with Crippen LogP contribution in [0.3, 0.4) is 0 Å². The number of benzene rings is 2. The van der Waals surface area contributed by atoms with Gasteiger partial charge in [0.25, 0.3) is 0 Å². The van der Waals surface area contributed by atoms with Crippen molar-refractivity contribution < 1.29 is 18.3 Å². The molecule has 0 heterocycles. The van der Waals surface area contributed by atoms with Crippen molar-refractivity contribution in [2.45, 2.75) is 6.18 Å². The van der Waals surface area contributed by atoms with Crippen LogP contribution in [0.25, 0.3) is 0 Å². The van der Waals surface area contributed by atoms with Crippen LogP contribution in [-0.2, 0) is 6.18 Å². The molecule has 2 aromatic carbocycles. The Morgan fingerprint density at radius 1 is 1.14 bits per heavy atom. The molecule has 0 spiro atoms. The van der Waals surface area contributed by atoms with Crippen molar-refractivity contribution in [1.29, 1.82) is 0 Å². The van der Waals surface area contributed by atoms with Crippen LogP contribution in [0.4, 0.5) is 18.9 Å². The molecular formula is C14H7B2ClF3NO. The third-order valence-electron chi connectivity index (χ3n) is 2.81. The molecular weight excluding hydrogens is 312 g/mol. The van der Waals surface area contributed by atoms with Gasteiger partial charge in [-0.3, -0.25) is 4.99 Å². The van der Waals surface area contributed by atoms with Crippen molar-refractivity contribution in [2.75, 3.05) is 0 Å². The second-order valence-electron chi connectivity index (χ2n) is 4.47. The lowest BCUT2D eigenvalue weighted by Crippen LogP contribution is -2.15. The molecule has 0 bridgehead atoms. The zero-order valence-electron chi connectivity index (χ0n) is 11.0. The van der Waals surface area contributed by atoms with Gasteiger partial charge in [-0.15, -0.1) is 0 Å². The lowest BCUT2D eigenvalue weighted by molar-refractivity contribution is -0.137. The Bertz CT molecular complexity index is 748. The summed E-state index contributed by atoms with van der Waals surface area (Å²) < 4.78 is 37.6. The van der Waals surface area contributed by atoms with E-state index in [-0.39, 0.29) is 27.5 Å². The molecule has 0 amide bonds. The lowest BCUT2D eigenvalue weighted by atomic mass is 9.85. The zero-order chi connectivity index (χ0) is 16.5. The summed E-state index contributed by atoms with van der Waals surface area (Å²) in [6.07, 6.45) is -3.26. The van der Waals surface area contributed by atoms with Crippen molar-refractivity contribution in [3.05, 3.63) is 46.5 Å². The normalized spacial score (nSPS) is 12.0. The number of alkyl halides is 3. The number of nitrogens with zero attached hydrogens (tertiary/aromatic N) is 1. The molecule has 0 unspecified atom stereocenters. The number of halogens is 4. The van der Waals surface area contributed by atoms with Crippen LogP contribution in [0.1, 0.15) is 11.1 Å². The third kappa shape index (κ3) is 3.65. The maximum atomic E-state index is 12.5. The van der Waals surface area contributed by atoms with Crippen molar-refractivity contribution in [3.8, 4) is 5.75 Å². The quantitative estimate of drug-likeness (QED) is 0.669. The Kier molecular flexibility index (Phi) is 4.56. The minimum atomic E-state index is -4.48. The molecule has 8 heteroatoms. The first-order chi connectivity index (χ1) is 10.2. The van der Waals surface area contributed by atoms with E-state index < -0.39 is 11.7 Å². The SMILES string of the molecule is [B]c1cc([B])c(O)c(C=Nc2ccc(C(F)(F)F)cc2Cl)c1. The van der Waals surface area contributed by atoms with Crippen LogP contribution < -0.4 is 10.9 Å². The van der Waals surface area contributed by atoms with Gasteiger partial charge in [-0.2, -0.15) is 13.2 Å². The van der Waals surface area contributed by atoms with Crippen molar-refractivity contribution >= 4 is 50.1 Å². The average molecular weight is 319 g/mol. The molecule has 22 heavy (non-hydrogen) atoms. The van der Waals surface area contributed by atoms with Gasteiger partial charge in [0.05, 0.1) is 16.3 Å². The largest absolute Gasteiger partial charge is 0.508 e. The maximum Gasteiger partial charge on any atom is 0.416 e. The number of aliphatic imine (C=N–C) groups is 1. The minimum absolute atomic E-state index is 0.0694. The smallest absolute Gasteiger partial charge is 0.416 e. The Balaban J connectivity index is 2.35. The van der Waals surface area contributed by atoms with E-state index in [4.69, 9.17) is 27.3 Å². The highest BCUT2D eigenvalue weighted by atomic mass is 35.5. The summed E-state index contributed by atoms with van der Waals surface area (Å²) in [5.41, 5.74) is -0.133. The molecule has 2 rings (SSSR count). The fourth-order valence-electron chi connectivity index (χ4n) is 1.73. The molecule has 0 aliphatic rings. The van der Waals surface area contributed by atoms with Gasteiger partial charge in [0, 0.05) is 11.8 Å². The average Bonchev–Trinajstić information content (AvgIpc) is 2.41. The number of hydrogen-bond acceptors (Lipinski definition) is 2. The molecule has 0 aliphatic heterocycles. The van der Waals surface area contributed by atoms with Gasteiger partial charge in [-0.05, 0) is 18.2 Å². The third-order valence-corrected chi connectivity index (χ3v) is 3.11. The first-order valence-corrected chi connectivity index (χ1v) is 6.35. The first kappa shape index (κ1) is 16.5. The fraction of sp³-hybridized carbons (Fsp3) is 0.0714. The molecule has 4 radical (unpaired) electrons. The molecule has 0 saturated carbocycles. The van der Waals surface area contributed by atoms with Crippen molar-refractivity contribution in [2.24, 2.45) is 4.99 Å². The van der Waals surface area contributed by atoms with E-state index >= 15 is 0 Å². The predicted octanol–water partition coefficient (Wildman–Crippen LogP) is 2.40. The van der Waals surface area contributed by atoms with Crippen molar-refractivity contribution in [1.82, 2.24) is 0 Å². The van der Waals surface area contributed by atoms with Gasteiger partial charge in [0.2, 0.25) is 0 Å². The minimum Gasteiger partial charge on any atom is -0.508 e. The Morgan fingerprint density at radius 2 is 1.82 bits per heavy atom. The van der Waals surface area contributed by atoms with E-state index in [2.05, 4.69) is 4.99 Å². The summed E-state index contributed by atoms with van der Waals surface area (Å²) >= 11 is 5.78. The summed E-state index contributed by atoms with van der Waals surface area (Å²) in [6, 6.07) is 5.58. The van der Waals surface area contributed by atoms with Crippen LogP contribution in [0, 0.1) is 0 Å². The molecule has 0 aromatic heterocycles.